The number of nitrogens with one attached hydrogen (secondary N) is 1. The summed E-state index contributed by atoms with van der Waals surface area (Å²) in [5.74, 6) is 0.587. The maximum absolute atomic E-state index is 12.0. The lowest BCUT2D eigenvalue weighted by Gasteiger charge is -2.14. The fourth-order valence-corrected chi connectivity index (χ4v) is 3.13. The molecule has 7 nitrogen and oxygen atoms in total. The van der Waals surface area contributed by atoms with Gasteiger partial charge in [-0.2, -0.15) is 0 Å². The molecule has 0 fully saturated rings. The van der Waals surface area contributed by atoms with Gasteiger partial charge in [0.25, 0.3) is 5.91 Å². The summed E-state index contributed by atoms with van der Waals surface area (Å²) < 4.78 is 20.7. The van der Waals surface area contributed by atoms with Crippen LogP contribution in [0.2, 0.25) is 0 Å². The molecule has 0 saturated carbocycles. The Morgan fingerprint density at radius 2 is 1.71 bits per heavy atom. The van der Waals surface area contributed by atoms with Crippen molar-refractivity contribution >= 4 is 29.3 Å². The number of benzene rings is 1. The van der Waals surface area contributed by atoms with Gasteiger partial charge < -0.3 is 24.3 Å². The lowest BCUT2D eigenvalue weighted by molar-refractivity contribution is -0.143. The van der Waals surface area contributed by atoms with Crippen LogP contribution in [-0.4, -0.2) is 39.8 Å². The van der Waals surface area contributed by atoms with Gasteiger partial charge in [-0.25, -0.2) is 4.79 Å². The van der Waals surface area contributed by atoms with Crippen molar-refractivity contribution in [3.8, 4) is 17.2 Å². The van der Waals surface area contributed by atoms with Crippen LogP contribution in [0, 0.1) is 6.92 Å². The first kappa shape index (κ1) is 21.3. The van der Waals surface area contributed by atoms with Crippen LogP contribution >= 0.6 is 11.3 Å². The van der Waals surface area contributed by atoms with Gasteiger partial charge in [-0.1, -0.05) is 0 Å². The van der Waals surface area contributed by atoms with E-state index in [1.165, 1.54) is 27.4 Å². The molecule has 28 heavy (non-hydrogen) atoms. The lowest BCUT2D eigenvalue weighted by Crippen LogP contribution is -2.28. The molecule has 1 N–H and O–H groups in total. The summed E-state index contributed by atoms with van der Waals surface area (Å²) in [6, 6.07) is 7.27. The first-order valence-corrected chi connectivity index (χ1v) is 9.25. The van der Waals surface area contributed by atoms with Gasteiger partial charge in [0.2, 0.25) is 0 Å². The van der Waals surface area contributed by atoms with Crippen molar-refractivity contribution in [2.75, 3.05) is 27.9 Å². The Labute approximate surface area is 167 Å². The summed E-state index contributed by atoms with van der Waals surface area (Å²) in [5, 5.41) is 2.68. The van der Waals surface area contributed by atoms with E-state index in [9.17, 15) is 9.59 Å². The number of carbonyl (C=O) groups excluding carboxylic acids is 2. The van der Waals surface area contributed by atoms with Crippen molar-refractivity contribution < 1.29 is 28.5 Å². The summed E-state index contributed by atoms with van der Waals surface area (Å²) >= 11 is 1.56. The van der Waals surface area contributed by atoms with Crippen molar-refractivity contribution in [1.82, 2.24) is 5.32 Å². The van der Waals surface area contributed by atoms with E-state index in [-0.39, 0.29) is 13.2 Å². The van der Waals surface area contributed by atoms with Crippen LogP contribution in [0.25, 0.3) is 6.08 Å². The molecule has 1 heterocycles. The van der Waals surface area contributed by atoms with Crippen LogP contribution < -0.4 is 19.5 Å². The minimum atomic E-state index is -0.579. The van der Waals surface area contributed by atoms with Crippen LogP contribution in [0.4, 0.5) is 0 Å². The monoisotopic (exact) mass is 405 g/mol. The highest BCUT2D eigenvalue weighted by molar-refractivity contribution is 7.12. The predicted molar refractivity (Wildman–Crippen MR) is 107 cm³/mol. The van der Waals surface area contributed by atoms with Crippen LogP contribution in [0.1, 0.15) is 15.3 Å². The zero-order valence-electron chi connectivity index (χ0n) is 16.2. The van der Waals surface area contributed by atoms with Crippen molar-refractivity contribution in [3.63, 3.8) is 0 Å². The molecule has 0 atom stereocenters. The number of hydrogen-bond donors (Lipinski definition) is 1. The highest BCUT2D eigenvalue weighted by Crippen LogP contribution is 2.34. The number of esters is 1. The fraction of sp³-hybridized carbons (Fsp3) is 0.300. The van der Waals surface area contributed by atoms with Gasteiger partial charge in [0, 0.05) is 34.0 Å². The number of carbonyl (C=O) groups is 2. The van der Waals surface area contributed by atoms with E-state index in [0.717, 1.165) is 9.75 Å². The van der Waals surface area contributed by atoms with Crippen LogP contribution in [0.5, 0.6) is 17.2 Å². The molecule has 0 unspecified atom stereocenters. The van der Waals surface area contributed by atoms with E-state index in [4.69, 9.17) is 18.9 Å². The maximum atomic E-state index is 12.0. The van der Waals surface area contributed by atoms with Gasteiger partial charge in [0.15, 0.2) is 18.1 Å². The van der Waals surface area contributed by atoms with Crippen molar-refractivity contribution in [3.05, 3.63) is 45.7 Å². The number of hydrogen-bond acceptors (Lipinski definition) is 7. The molecule has 0 aliphatic rings. The molecule has 0 aliphatic carbocycles. The summed E-state index contributed by atoms with van der Waals surface area (Å²) in [5.41, 5.74) is 0.702. The Hall–Kier alpha value is -3.00. The second kappa shape index (κ2) is 10.4. The largest absolute Gasteiger partial charge is 0.496 e. The number of methoxy groups -OCH3 is 3. The van der Waals surface area contributed by atoms with Gasteiger partial charge in [0.1, 0.15) is 5.75 Å². The number of thiophene rings is 1. The van der Waals surface area contributed by atoms with Crippen molar-refractivity contribution in [2.24, 2.45) is 0 Å². The van der Waals surface area contributed by atoms with Crippen molar-refractivity contribution in [2.45, 2.75) is 13.5 Å². The van der Waals surface area contributed by atoms with Gasteiger partial charge >= 0.3 is 5.97 Å². The first-order chi connectivity index (χ1) is 13.5. The average molecular weight is 405 g/mol. The average Bonchev–Trinajstić information content (AvgIpc) is 3.13. The third kappa shape index (κ3) is 6.02. The molecule has 2 aromatic rings. The molecule has 0 bridgehead atoms. The Morgan fingerprint density at radius 1 is 1.04 bits per heavy atom. The van der Waals surface area contributed by atoms with Crippen LogP contribution in [0.15, 0.2) is 30.3 Å². The molecule has 1 amide bonds. The Balaban J connectivity index is 1.86. The SMILES string of the molecule is COc1cc(OC)c(OC)cc1CNC(=O)COC(=O)/C=C/c1ccc(C)s1. The Kier molecular flexibility index (Phi) is 7.88. The summed E-state index contributed by atoms with van der Waals surface area (Å²) in [4.78, 5) is 25.8. The highest BCUT2D eigenvalue weighted by atomic mass is 32.1. The van der Waals surface area contributed by atoms with Gasteiger partial charge in [-0.05, 0) is 31.2 Å². The Bertz CT molecular complexity index is 858. The number of amides is 1. The lowest BCUT2D eigenvalue weighted by atomic mass is 10.1. The van der Waals surface area contributed by atoms with E-state index in [0.29, 0.717) is 22.8 Å². The zero-order valence-corrected chi connectivity index (χ0v) is 17.1. The first-order valence-electron chi connectivity index (χ1n) is 8.43. The van der Waals surface area contributed by atoms with Gasteiger partial charge in [-0.15, -0.1) is 11.3 Å². The number of rotatable bonds is 9. The minimum Gasteiger partial charge on any atom is -0.496 e. The molecule has 0 saturated heterocycles. The standard InChI is InChI=1S/C20H23NO6S/c1-13-5-6-15(28-13)7-8-20(23)27-12-19(22)21-11-14-9-17(25-3)18(26-4)10-16(14)24-2/h5-10H,11-12H2,1-4H3,(H,21,22)/b8-7+. The summed E-state index contributed by atoms with van der Waals surface area (Å²) in [7, 11) is 4.58. The number of aryl methyl sites for hydroxylation is 1. The summed E-state index contributed by atoms with van der Waals surface area (Å²) in [6.07, 6.45) is 2.96. The molecule has 1 aromatic carbocycles. The fourth-order valence-electron chi connectivity index (χ4n) is 2.35. The third-order valence-electron chi connectivity index (χ3n) is 3.75. The summed E-state index contributed by atoms with van der Waals surface area (Å²) in [6.45, 7) is 1.80. The van der Waals surface area contributed by atoms with Crippen molar-refractivity contribution in [1.29, 1.82) is 0 Å². The second-order valence-electron chi connectivity index (χ2n) is 5.69. The second-order valence-corrected chi connectivity index (χ2v) is 7.00. The topological polar surface area (TPSA) is 83.1 Å². The molecule has 0 aliphatic heterocycles. The van der Waals surface area contributed by atoms with Gasteiger partial charge in [0.05, 0.1) is 21.3 Å². The van der Waals surface area contributed by atoms with E-state index in [2.05, 4.69) is 5.32 Å². The maximum Gasteiger partial charge on any atom is 0.331 e. The number of ether oxygens (including phenoxy) is 4. The van der Waals surface area contributed by atoms with E-state index < -0.39 is 11.9 Å². The smallest absolute Gasteiger partial charge is 0.331 e. The molecule has 8 heteroatoms. The molecular weight excluding hydrogens is 382 g/mol. The molecule has 1 aromatic heterocycles. The predicted octanol–water partition coefficient (Wildman–Crippen LogP) is 2.96. The molecule has 0 radical (unpaired) electrons. The normalized spacial score (nSPS) is 10.6. The Morgan fingerprint density at radius 3 is 2.32 bits per heavy atom. The minimum absolute atomic E-state index is 0.185. The van der Waals surface area contributed by atoms with Crippen LogP contribution in [-0.2, 0) is 20.9 Å². The highest BCUT2D eigenvalue weighted by Gasteiger charge is 2.13. The molecular formula is C20H23NO6S. The van der Waals surface area contributed by atoms with Crippen LogP contribution in [0.3, 0.4) is 0 Å². The molecule has 2 rings (SSSR count). The van der Waals surface area contributed by atoms with Gasteiger partial charge in [-0.3, -0.25) is 4.79 Å². The molecule has 150 valence electrons. The molecule has 0 spiro atoms. The zero-order chi connectivity index (χ0) is 20.5. The van der Waals surface area contributed by atoms with E-state index in [1.807, 2.05) is 19.1 Å². The quantitative estimate of drug-likeness (QED) is 0.510. The third-order valence-corrected chi connectivity index (χ3v) is 4.72. The van der Waals surface area contributed by atoms with E-state index in [1.54, 1.807) is 29.5 Å². The van der Waals surface area contributed by atoms with E-state index >= 15 is 0 Å².